The van der Waals surface area contributed by atoms with Gasteiger partial charge in [-0.3, -0.25) is 14.5 Å². The van der Waals surface area contributed by atoms with E-state index in [1.807, 2.05) is 0 Å². The van der Waals surface area contributed by atoms with Gasteiger partial charge in [-0.2, -0.15) is 0 Å². The number of hydrogen-bond acceptors (Lipinski definition) is 7. The maximum atomic E-state index is 12.5. The van der Waals surface area contributed by atoms with Gasteiger partial charge in [0, 0.05) is 12.1 Å². The molecule has 0 radical (unpaired) electrons. The van der Waals surface area contributed by atoms with E-state index in [9.17, 15) is 18.0 Å². The minimum absolute atomic E-state index is 0.0434. The number of fused-ring (bicyclic) bond motifs is 1. The molecular weight excluding hydrogens is 414 g/mol. The molecule has 0 fully saturated rings. The van der Waals surface area contributed by atoms with Crippen LogP contribution in [0.25, 0.3) is 0 Å². The molecule has 1 aliphatic heterocycles. The van der Waals surface area contributed by atoms with Gasteiger partial charge in [-0.05, 0) is 35.9 Å². The number of nitrogens with one attached hydrogen (secondary N) is 2. The van der Waals surface area contributed by atoms with Gasteiger partial charge in [-0.1, -0.05) is 18.2 Å². The van der Waals surface area contributed by atoms with Crippen molar-refractivity contribution in [2.24, 2.45) is 0 Å². The molecule has 1 unspecified atom stereocenters. The highest BCUT2D eigenvalue weighted by molar-refractivity contribution is 7.93. The molecule has 2 N–H and O–H groups in total. The van der Waals surface area contributed by atoms with Crippen molar-refractivity contribution in [2.75, 3.05) is 10.0 Å². The van der Waals surface area contributed by atoms with Crippen LogP contribution in [0.5, 0.6) is 0 Å². The van der Waals surface area contributed by atoms with E-state index >= 15 is 0 Å². The summed E-state index contributed by atoms with van der Waals surface area (Å²) in [6.45, 7) is 0. The Kier molecular flexibility index (Phi) is 5.03. The third-order valence-corrected chi connectivity index (χ3v) is 6.48. The second-order valence-corrected chi connectivity index (χ2v) is 8.81. The van der Waals surface area contributed by atoms with Gasteiger partial charge >= 0.3 is 5.97 Å². The molecule has 1 aliphatic rings. The molecule has 148 valence electrons. The molecule has 1 atom stereocenters. The first-order valence-corrected chi connectivity index (χ1v) is 10.9. The van der Waals surface area contributed by atoms with Crippen molar-refractivity contribution in [2.45, 2.75) is 17.4 Å². The van der Waals surface area contributed by atoms with Crippen LogP contribution in [0.15, 0.2) is 65.1 Å². The maximum Gasteiger partial charge on any atom is 0.339 e. The lowest BCUT2D eigenvalue weighted by molar-refractivity contribution is -0.125. The van der Waals surface area contributed by atoms with E-state index in [1.165, 1.54) is 47.3 Å². The number of carbonyl (C=O) groups excluding carboxylic acids is 2. The summed E-state index contributed by atoms with van der Waals surface area (Å²) < 4.78 is 32.4. The first-order valence-electron chi connectivity index (χ1n) is 8.53. The number of sulfonamides is 1. The molecule has 0 saturated heterocycles. The molecule has 10 heteroatoms. The number of aromatic nitrogens is 1. The number of nitrogens with zero attached hydrogens (tertiary/aromatic N) is 1. The Hall–Kier alpha value is -3.24. The molecule has 8 nitrogen and oxygen atoms in total. The lowest BCUT2D eigenvalue weighted by Gasteiger charge is -2.23. The van der Waals surface area contributed by atoms with Crippen LogP contribution in [0, 0.1) is 0 Å². The molecule has 0 spiro atoms. The van der Waals surface area contributed by atoms with Crippen LogP contribution in [0.4, 0.5) is 10.7 Å². The molecule has 1 amide bonds. The second-order valence-electron chi connectivity index (χ2n) is 6.24. The lowest BCUT2D eigenvalue weighted by atomic mass is 9.98. The van der Waals surface area contributed by atoms with E-state index in [0.29, 0.717) is 16.3 Å². The number of cyclic esters (lactones) is 1. The normalized spacial score (nSPS) is 15.9. The SMILES string of the molecule is O=C1OC(C(=O)Nc2ccc(S(=O)(=O)Nc3cncs3)cc2)Cc2ccccc21. The van der Waals surface area contributed by atoms with Crippen molar-refractivity contribution in [1.29, 1.82) is 0 Å². The predicted octanol–water partition coefficient (Wildman–Crippen LogP) is 2.66. The van der Waals surface area contributed by atoms with E-state index < -0.39 is 28.0 Å². The fourth-order valence-corrected chi connectivity index (χ4v) is 4.68. The molecule has 0 saturated carbocycles. The van der Waals surface area contributed by atoms with E-state index in [0.717, 1.165) is 5.56 Å². The van der Waals surface area contributed by atoms with Crippen LogP contribution < -0.4 is 10.0 Å². The fraction of sp³-hybridized carbons (Fsp3) is 0.105. The fourth-order valence-electron chi connectivity index (χ4n) is 2.88. The van der Waals surface area contributed by atoms with Crippen molar-refractivity contribution in [3.8, 4) is 0 Å². The summed E-state index contributed by atoms with van der Waals surface area (Å²) in [5.41, 5.74) is 3.12. The third-order valence-electron chi connectivity index (χ3n) is 4.28. The zero-order valence-electron chi connectivity index (χ0n) is 14.9. The smallest absolute Gasteiger partial charge is 0.339 e. The molecule has 2 aromatic carbocycles. The summed E-state index contributed by atoms with van der Waals surface area (Å²) in [6, 6.07) is 12.7. The van der Waals surface area contributed by atoms with Gasteiger partial charge in [0.1, 0.15) is 5.00 Å². The van der Waals surface area contributed by atoms with E-state index in [4.69, 9.17) is 4.74 Å². The summed E-state index contributed by atoms with van der Waals surface area (Å²) in [6.07, 6.45) is 0.744. The number of thiazole rings is 1. The van der Waals surface area contributed by atoms with E-state index in [1.54, 1.807) is 24.3 Å². The average molecular weight is 429 g/mol. The van der Waals surface area contributed by atoms with Crippen LogP contribution >= 0.6 is 11.3 Å². The standard InChI is InChI=1S/C19H15N3O5S2/c23-18(16-9-12-3-1-2-4-15(12)19(24)27-16)21-13-5-7-14(8-6-13)29(25,26)22-17-10-20-11-28-17/h1-8,10-11,16,22H,9H2,(H,21,23). The van der Waals surface area contributed by atoms with Gasteiger partial charge in [0.25, 0.3) is 15.9 Å². The third kappa shape index (κ3) is 4.13. The monoisotopic (exact) mass is 429 g/mol. The minimum atomic E-state index is -3.75. The Morgan fingerprint density at radius 1 is 1.14 bits per heavy atom. The van der Waals surface area contributed by atoms with Gasteiger partial charge in [-0.25, -0.2) is 13.2 Å². The summed E-state index contributed by atoms with van der Waals surface area (Å²) in [7, 11) is -3.75. The average Bonchev–Trinajstić information content (AvgIpc) is 3.20. The molecule has 0 bridgehead atoms. The number of ether oxygens (including phenoxy) is 1. The Morgan fingerprint density at radius 2 is 1.90 bits per heavy atom. The highest BCUT2D eigenvalue weighted by Crippen LogP contribution is 2.23. The zero-order valence-corrected chi connectivity index (χ0v) is 16.5. The Bertz CT molecular complexity index is 1160. The van der Waals surface area contributed by atoms with Crippen molar-refractivity contribution in [3.05, 3.63) is 71.4 Å². The van der Waals surface area contributed by atoms with Crippen LogP contribution in [0.3, 0.4) is 0 Å². The zero-order chi connectivity index (χ0) is 20.4. The topological polar surface area (TPSA) is 114 Å². The second kappa shape index (κ2) is 7.64. The van der Waals surface area contributed by atoms with Gasteiger partial charge in [0.05, 0.1) is 22.2 Å². The highest BCUT2D eigenvalue weighted by atomic mass is 32.2. The highest BCUT2D eigenvalue weighted by Gasteiger charge is 2.31. The van der Waals surface area contributed by atoms with E-state index in [2.05, 4.69) is 15.0 Å². The van der Waals surface area contributed by atoms with Crippen LogP contribution in [0.1, 0.15) is 15.9 Å². The van der Waals surface area contributed by atoms with Crippen LogP contribution in [-0.2, 0) is 26.0 Å². The summed E-state index contributed by atoms with van der Waals surface area (Å²) in [5, 5.41) is 3.05. The number of amides is 1. The van der Waals surface area contributed by atoms with Crippen LogP contribution in [-0.4, -0.2) is 31.4 Å². The first-order chi connectivity index (χ1) is 13.9. The first kappa shape index (κ1) is 19.1. The molecule has 3 aromatic rings. The Morgan fingerprint density at radius 3 is 2.62 bits per heavy atom. The largest absolute Gasteiger partial charge is 0.448 e. The number of esters is 1. The van der Waals surface area contributed by atoms with Crippen molar-refractivity contribution >= 4 is 43.9 Å². The minimum Gasteiger partial charge on any atom is -0.448 e. The molecule has 2 heterocycles. The lowest BCUT2D eigenvalue weighted by Crippen LogP contribution is -2.37. The van der Waals surface area contributed by atoms with Gasteiger partial charge in [0.2, 0.25) is 0 Å². The Balaban J connectivity index is 1.44. The molecular formula is C19H15N3O5S2. The summed E-state index contributed by atoms with van der Waals surface area (Å²) in [4.78, 5) is 28.4. The number of carbonyl (C=O) groups is 2. The number of benzene rings is 2. The summed E-state index contributed by atoms with van der Waals surface area (Å²) >= 11 is 1.17. The van der Waals surface area contributed by atoms with Crippen molar-refractivity contribution < 1.29 is 22.7 Å². The summed E-state index contributed by atoms with van der Waals surface area (Å²) in [5.74, 6) is -1.02. The van der Waals surface area contributed by atoms with Crippen molar-refractivity contribution in [1.82, 2.24) is 4.98 Å². The van der Waals surface area contributed by atoms with E-state index in [-0.39, 0.29) is 11.3 Å². The van der Waals surface area contributed by atoms with Crippen LogP contribution in [0.2, 0.25) is 0 Å². The van der Waals surface area contributed by atoms with Gasteiger partial charge in [-0.15, -0.1) is 11.3 Å². The quantitative estimate of drug-likeness (QED) is 0.603. The number of rotatable bonds is 5. The number of hydrogen-bond donors (Lipinski definition) is 2. The van der Waals surface area contributed by atoms with Crippen molar-refractivity contribution in [3.63, 3.8) is 0 Å². The Labute approximate surface area is 170 Å². The number of anilines is 2. The molecule has 4 rings (SSSR count). The predicted molar refractivity (Wildman–Crippen MR) is 107 cm³/mol. The van der Waals surface area contributed by atoms with Gasteiger partial charge in [0.15, 0.2) is 6.10 Å². The molecule has 29 heavy (non-hydrogen) atoms. The van der Waals surface area contributed by atoms with Gasteiger partial charge < -0.3 is 10.1 Å². The maximum absolute atomic E-state index is 12.5. The molecule has 1 aromatic heterocycles. The molecule has 0 aliphatic carbocycles.